The highest BCUT2D eigenvalue weighted by atomic mass is 35.5. The molecular formula is C24H20ClN3O4. The summed E-state index contributed by atoms with van der Waals surface area (Å²) in [5, 5.41) is 11.9. The summed E-state index contributed by atoms with van der Waals surface area (Å²) in [7, 11) is 1.49. The van der Waals surface area contributed by atoms with E-state index in [0.717, 1.165) is 5.56 Å². The van der Waals surface area contributed by atoms with Gasteiger partial charge in [0.15, 0.2) is 18.1 Å². The first-order valence-corrected chi connectivity index (χ1v) is 9.98. The Morgan fingerprint density at radius 3 is 2.75 bits per heavy atom. The third kappa shape index (κ3) is 6.00. The van der Waals surface area contributed by atoms with Crippen LogP contribution >= 0.6 is 11.6 Å². The minimum Gasteiger partial charge on any atom is -0.493 e. The molecule has 0 aliphatic heterocycles. The van der Waals surface area contributed by atoms with Gasteiger partial charge < -0.3 is 19.4 Å². The molecule has 3 aromatic rings. The van der Waals surface area contributed by atoms with Crippen molar-refractivity contribution in [3.8, 4) is 17.6 Å². The molecule has 0 bridgehead atoms. The van der Waals surface area contributed by atoms with Crippen LogP contribution in [0, 0.1) is 11.3 Å². The van der Waals surface area contributed by atoms with Crippen LogP contribution in [-0.4, -0.2) is 24.2 Å². The first kappa shape index (κ1) is 22.7. The lowest BCUT2D eigenvalue weighted by Crippen LogP contribution is -2.20. The predicted octanol–water partition coefficient (Wildman–Crippen LogP) is 4.11. The number of pyridine rings is 1. The number of hydrogen-bond donors (Lipinski definition) is 1. The van der Waals surface area contributed by atoms with E-state index in [4.69, 9.17) is 26.3 Å². The van der Waals surface area contributed by atoms with Gasteiger partial charge in [-0.2, -0.15) is 5.26 Å². The standard InChI is InChI=1S/C24H20ClN3O4/c1-31-22-14-17(6-9-21(22)32-13-12-26)7-10-23(29)27-19-8-11-24(30)28(16-19)15-18-4-2-3-5-20(18)25/h2-11,14,16H,13,15H2,1H3,(H,27,29)/b10-7+. The molecule has 7 nitrogen and oxygen atoms in total. The number of aromatic nitrogens is 1. The number of benzene rings is 2. The Labute approximate surface area is 190 Å². The molecule has 0 aliphatic rings. The number of halogens is 1. The summed E-state index contributed by atoms with van der Waals surface area (Å²) in [6.07, 6.45) is 4.56. The Hall–Kier alpha value is -4.02. The lowest BCUT2D eigenvalue weighted by atomic mass is 10.2. The van der Waals surface area contributed by atoms with Gasteiger partial charge in [-0.25, -0.2) is 0 Å². The second-order valence-electron chi connectivity index (χ2n) is 6.65. The maximum absolute atomic E-state index is 12.4. The number of ether oxygens (including phenoxy) is 2. The van der Waals surface area contributed by atoms with Crippen LogP contribution in [-0.2, 0) is 11.3 Å². The number of nitriles is 1. The highest BCUT2D eigenvalue weighted by molar-refractivity contribution is 6.31. The molecule has 1 N–H and O–H groups in total. The summed E-state index contributed by atoms with van der Waals surface area (Å²) in [6, 6.07) is 17.2. The number of carbonyl (C=O) groups excluding carboxylic acids is 1. The highest BCUT2D eigenvalue weighted by Gasteiger charge is 2.07. The molecule has 1 amide bonds. The number of hydrogen-bond acceptors (Lipinski definition) is 5. The molecule has 1 aromatic heterocycles. The van der Waals surface area contributed by atoms with Crippen molar-refractivity contribution >= 4 is 29.3 Å². The summed E-state index contributed by atoms with van der Waals surface area (Å²) in [4.78, 5) is 24.5. The zero-order valence-corrected chi connectivity index (χ0v) is 18.0. The molecule has 32 heavy (non-hydrogen) atoms. The van der Waals surface area contributed by atoms with E-state index in [-0.39, 0.29) is 24.6 Å². The van der Waals surface area contributed by atoms with Crippen LogP contribution in [0.15, 0.2) is 71.7 Å². The fourth-order valence-electron chi connectivity index (χ4n) is 2.91. The molecule has 0 saturated heterocycles. The van der Waals surface area contributed by atoms with Crippen molar-refractivity contribution < 1.29 is 14.3 Å². The summed E-state index contributed by atoms with van der Waals surface area (Å²) >= 11 is 6.18. The largest absolute Gasteiger partial charge is 0.493 e. The summed E-state index contributed by atoms with van der Waals surface area (Å²) < 4.78 is 12.0. The molecule has 0 saturated carbocycles. The Morgan fingerprint density at radius 1 is 1.19 bits per heavy atom. The van der Waals surface area contributed by atoms with Crippen LogP contribution in [0.1, 0.15) is 11.1 Å². The van der Waals surface area contributed by atoms with Crippen molar-refractivity contribution in [3.63, 3.8) is 0 Å². The fraction of sp³-hybridized carbons (Fsp3) is 0.125. The molecule has 0 radical (unpaired) electrons. The van der Waals surface area contributed by atoms with Crippen molar-refractivity contribution in [1.29, 1.82) is 5.26 Å². The van der Waals surface area contributed by atoms with Gasteiger partial charge in [-0.3, -0.25) is 9.59 Å². The molecule has 2 aromatic carbocycles. The number of amides is 1. The number of nitrogens with zero attached hydrogens (tertiary/aromatic N) is 2. The number of nitrogens with one attached hydrogen (secondary N) is 1. The number of methoxy groups -OCH3 is 1. The van der Waals surface area contributed by atoms with Crippen LogP contribution in [0.5, 0.6) is 11.5 Å². The van der Waals surface area contributed by atoms with Crippen LogP contribution < -0.4 is 20.3 Å². The second kappa shape index (κ2) is 10.8. The maximum Gasteiger partial charge on any atom is 0.250 e. The van der Waals surface area contributed by atoms with Gasteiger partial charge in [-0.05, 0) is 41.5 Å². The monoisotopic (exact) mass is 449 g/mol. The van der Waals surface area contributed by atoms with Gasteiger partial charge >= 0.3 is 0 Å². The minimum atomic E-state index is -0.364. The minimum absolute atomic E-state index is 0.0907. The summed E-state index contributed by atoms with van der Waals surface area (Å²) in [6.45, 7) is 0.199. The van der Waals surface area contributed by atoms with E-state index in [2.05, 4.69) is 5.32 Å². The van der Waals surface area contributed by atoms with Crippen molar-refractivity contribution in [2.45, 2.75) is 6.54 Å². The number of anilines is 1. The van der Waals surface area contributed by atoms with Gasteiger partial charge in [0.1, 0.15) is 6.07 Å². The van der Waals surface area contributed by atoms with E-state index in [1.807, 2.05) is 24.3 Å². The van der Waals surface area contributed by atoms with Gasteiger partial charge in [-0.15, -0.1) is 0 Å². The average Bonchev–Trinajstić information content (AvgIpc) is 2.80. The molecule has 0 aliphatic carbocycles. The van der Waals surface area contributed by atoms with Crippen molar-refractivity contribution in [3.05, 3.63) is 93.4 Å². The fourth-order valence-corrected chi connectivity index (χ4v) is 3.11. The predicted molar refractivity (Wildman–Crippen MR) is 123 cm³/mol. The molecule has 0 fully saturated rings. The maximum atomic E-state index is 12.4. The van der Waals surface area contributed by atoms with Gasteiger partial charge in [-0.1, -0.05) is 35.9 Å². The lowest BCUT2D eigenvalue weighted by molar-refractivity contribution is -0.111. The Kier molecular flexibility index (Phi) is 7.68. The van der Waals surface area contributed by atoms with Gasteiger partial charge in [0.25, 0.3) is 5.56 Å². The number of carbonyl (C=O) groups is 1. The van der Waals surface area contributed by atoms with Crippen LogP contribution in [0.2, 0.25) is 5.02 Å². The van der Waals surface area contributed by atoms with E-state index in [1.54, 1.807) is 42.6 Å². The third-order valence-corrected chi connectivity index (χ3v) is 4.83. The molecular weight excluding hydrogens is 430 g/mol. The van der Waals surface area contributed by atoms with E-state index in [0.29, 0.717) is 27.8 Å². The Bertz CT molecular complexity index is 1240. The highest BCUT2D eigenvalue weighted by Crippen LogP contribution is 2.28. The Morgan fingerprint density at radius 2 is 2.00 bits per heavy atom. The van der Waals surface area contributed by atoms with E-state index in [1.165, 1.54) is 23.8 Å². The first-order valence-electron chi connectivity index (χ1n) is 9.61. The Balaban J connectivity index is 1.70. The van der Waals surface area contributed by atoms with E-state index < -0.39 is 0 Å². The summed E-state index contributed by atoms with van der Waals surface area (Å²) in [5.74, 6) is 0.530. The van der Waals surface area contributed by atoms with Crippen molar-refractivity contribution in [1.82, 2.24) is 4.57 Å². The van der Waals surface area contributed by atoms with Gasteiger partial charge in [0.2, 0.25) is 5.91 Å². The first-order chi connectivity index (χ1) is 15.5. The van der Waals surface area contributed by atoms with Gasteiger partial charge in [0.05, 0.1) is 19.3 Å². The van der Waals surface area contributed by atoms with Gasteiger partial charge in [0, 0.05) is 23.4 Å². The SMILES string of the molecule is COc1cc(/C=C/C(=O)Nc2ccc(=O)n(Cc3ccccc3Cl)c2)ccc1OCC#N. The smallest absolute Gasteiger partial charge is 0.250 e. The molecule has 0 atom stereocenters. The van der Waals surface area contributed by atoms with Crippen LogP contribution in [0.25, 0.3) is 6.08 Å². The van der Waals surface area contributed by atoms with Crippen molar-refractivity contribution in [2.75, 3.05) is 19.0 Å². The zero-order chi connectivity index (χ0) is 22.9. The van der Waals surface area contributed by atoms with E-state index in [9.17, 15) is 9.59 Å². The second-order valence-corrected chi connectivity index (χ2v) is 7.06. The van der Waals surface area contributed by atoms with E-state index >= 15 is 0 Å². The molecule has 8 heteroatoms. The average molecular weight is 450 g/mol. The van der Waals surface area contributed by atoms with Crippen molar-refractivity contribution in [2.24, 2.45) is 0 Å². The normalized spacial score (nSPS) is 10.5. The summed E-state index contributed by atoms with van der Waals surface area (Å²) in [5.41, 5.74) is 1.79. The van der Waals surface area contributed by atoms with Crippen LogP contribution in [0.4, 0.5) is 5.69 Å². The quantitative estimate of drug-likeness (QED) is 0.522. The molecule has 0 unspecified atom stereocenters. The number of rotatable bonds is 8. The molecule has 0 spiro atoms. The lowest BCUT2D eigenvalue weighted by Gasteiger charge is -2.10. The molecule has 162 valence electrons. The molecule has 3 rings (SSSR count). The van der Waals surface area contributed by atoms with Crippen LogP contribution in [0.3, 0.4) is 0 Å². The molecule has 1 heterocycles. The topological polar surface area (TPSA) is 93.3 Å². The third-order valence-electron chi connectivity index (χ3n) is 4.46. The zero-order valence-electron chi connectivity index (χ0n) is 17.2.